The van der Waals surface area contributed by atoms with Gasteiger partial charge in [-0.25, -0.2) is 9.37 Å². The Balaban J connectivity index is 2.07. The molecule has 7 heteroatoms. The number of benzene rings is 1. The molecular formula is C15H17ClFN3O2. The van der Waals surface area contributed by atoms with Gasteiger partial charge in [-0.1, -0.05) is 11.6 Å². The molecule has 0 unspecified atom stereocenters. The Labute approximate surface area is 132 Å². The lowest BCUT2D eigenvalue weighted by Crippen LogP contribution is -2.23. The van der Waals surface area contributed by atoms with Crippen molar-refractivity contribution in [3.05, 3.63) is 33.3 Å². The van der Waals surface area contributed by atoms with E-state index >= 15 is 0 Å². The van der Waals surface area contributed by atoms with Crippen molar-refractivity contribution in [2.45, 2.75) is 18.5 Å². The highest BCUT2D eigenvalue weighted by molar-refractivity contribution is 6.35. The molecule has 0 aliphatic heterocycles. The maximum atomic E-state index is 14.1. The van der Waals surface area contributed by atoms with Crippen LogP contribution in [-0.4, -0.2) is 37.3 Å². The highest BCUT2D eigenvalue weighted by atomic mass is 35.5. The molecule has 2 aromatic rings. The molecule has 1 N–H and O–H groups in total. The molecule has 0 atom stereocenters. The van der Waals surface area contributed by atoms with Crippen molar-refractivity contribution in [2.24, 2.45) is 0 Å². The van der Waals surface area contributed by atoms with Crippen LogP contribution in [0, 0.1) is 0 Å². The van der Waals surface area contributed by atoms with Crippen LogP contribution in [0.5, 0.6) is 0 Å². The van der Waals surface area contributed by atoms with Gasteiger partial charge in [0.1, 0.15) is 5.82 Å². The molecule has 0 saturated heterocycles. The highest BCUT2D eigenvalue weighted by Gasteiger charge is 2.47. The summed E-state index contributed by atoms with van der Waals surface area (Å²) in [6.45, 7) is 1.22. The summed E-state index contributed by atoms with van der Waals surface area (Å²) in [5, 5.41) is 0.702. The van der Waals surface area contributed by atoms with E-state index in [0.29, 0.717) is 41.9 Å². The van der Waals surface area contributed by atoms with Crippen LogP contribution >= 0.6 is 11.6 Å². The minimum absolute atomic E-state index is 0.0763. The number of alkyl halides is 1. The van der Waals surface area contributed by atoms with Crippen LogP contribution in [0.1, 0.15) is 18.7 Å². The number of ether oxygens (including phenoxy) is 1. The van der Waals surface area contributed by atoms with Crippen LogP contribution in [0.2, 0.25) is 5.02 Å². The molecule has 1 aromatic carbocycles. The highest BCUT2D eigenvalue weighted by Crippen LogP contribution is 2.48. The number of H-pyrrole nitrogens is 1. The molecule has 1 heterocycles. The molecule has 118 valence electrons. The van der Waals surface area contributed by atoms with E-state index in [9.17, 15) is 9.18 Å². The van der Waals surface area contributed by atoms with Crippen molar-refractivity contribution in [1.29, 1.82) is 0 Å². The summed E-state index contributed by atoms with van der Waals surface area (Å²) >= 11 is 6.26. The quantitative estimate of drug-likeness (QED) is 0.918. The second-order valence-electron chi connectivity index (χ2n) is 5.62. The number of aromatic amines is 1. The maximum Gasteiger partial charge on any atom is 0.258 e. The van der Waals surface area contributed by atoms with Gasteiger partial charge >= 0.3 is 0 Å². The summed E-state index contributed by atoms with van der Waals surface area (Å²) in [4.78, 5) is 21.0. The van der Waals surface area contributed by atoms with Crippen molar-refractivity contribution >= 4 is 28.2 Å². The number of rotatable bonds is 5. The molecule has 1 aliphatic carbocycles. The van der Waals surface area contributed by atoms with Gasteiger partial charge in [-0.2, -0.15) is 0 Å². The van der Waals surface area contributed by atoms with Crippen molar-refractivity contribution in [3.8, 4) is 0 Å². The van der Waals surface area contributed by atoms with Gasteiger partial charge < -0.3 is 14.6 Å². The predicted octanol–water partition coefficient (Wildman–Crippen LogP) is 2.62. The number of aromatic nitrogens is 2. The first kappa shape index (κ1) is 15.2. The third kappa shape index (κ3) is 2.68. The zero-order valence-corrected chi connectivity index (χ0v) is 13.2. The monoisotopic (exact) mass is 325 g/mol. The lowest BCUT2D eigenvalue weighted by Gasteiger charge is -2.19. The summed E-state index contributed by atoms with van der Waals surface area (Å²) in [5.41, 5.74) is -0.734. The van der Waals surface area contributed by atoms with Crippen molar-refractivity contribution in [3.63, 3.8) is 0 Å². The molecule has 0 spiro atoms. The van der Waals surface area contributed by atoms with Gasteiger partial charge in [-0.15, -0.1) is 0 Å². The number of hydrogen-bond acceptors (Lipinski definition) is 4. The third-order valence-electron chi connectivity index (χ3n) is 3.93. The maximum absolute atomic E-state index is 14.1. The number of halogens is 2. The van der Waals surface area contributed by atoms with Crippen LogP contribution in [0.4, 0.5) is 10.1 Å². The Morgan fingerprint density at radius 3 is 2.86 bits per heavy atom. The van der Waals surface area contributed by atoms with Gasteiger partial charge in [0, 0.05) is 26.4 Å². The Bertz CT molecular complexity index is 773. The predicted molar refractivity (Wildman–Crippen MR) is 84.5 cm³/mol. The molecule has 1 aliphatic rings. The Hall–Kier alpha value is -1.66. The van der Waals surface area contributed by atoms with Gasteiger partial charge in [0.15, 0.2) is 5.67 Å². The van der Waals surface area contributed by atoms with Crippen LogP contribution in [-0.2, 0) is 10.4 Å². The second kappa shape index (κ2) is 5.52. The minimum atomic E-state index is -1.50. The van der Waals surface area contributed by atoms with E-state index in [0.717, 1.165) is 5.69 Å². The molecular weight excluding hydrogens is 309 g/mol. The number of anilines is 1. The standard InChI is InChI=1S/C15H17ClFN3O2/c1-20(5-6-22-2)9-7-10-12(11(16)8-9)18-14(19-13(10)21)15(17)3-4-15/h7-8H,3-6H2,1-2H3,(H,18,19,21). The van der Waals surface area contributed by atoms with E-state index in [-0.39, 0.29) is 11.4 Å². The van der Waals surface area contributed by atoms with Gasteiger partial charge in [-0.05, 0) is 25.0 Å². The number of methoxy groups -OCH3 is 1. The van der Waals surface area contributed by atoms with E-state index in [2.05, 4.69) is 9.97 Å². The molecule has 0 amide bonds. The molecule has 1 saturated carbocycles. The van der Waals surface area contributed by atoms with E-state index in [4.69, 9.17) is 16.3 Å². The van der Waals surface area contributed by atoms with Crippen LogP contribution < -0.4 is 10.5 Å². The van der Waals surface area contributed by atoms with Crippen molar-refractivity contribution in [2.75, 3.05) is 32.2 Å². The fourth-order valence-electron chi connectivity index (χ4n) is 2.32. The van der Waals surface area contributed by atoms with Crippen molar-refractivity contribution < 1.29 is 9.13 Å². The molecule has 0 bridgehead atoms. The first-order valence-electron chi connectivity index (χ1n) is 7.08. The van der Waals surface area contributed by atoms with E-state index in [1.807, 2.05) is 11.9 Å². The number of nitrogens with one attached hydrogen (secondary N) is 1. The summed E-state index contributed by atoms with van der Waals surface area (Å²) < 4.78 is 19.2. The van der Waals surface area contributed by atoms with Gasteiger partial charge in [0.25, 0.3) is 5.56 Å². The molecule has 5 nitrogen and oxygen atoms in total. The lowest BCUT2D eigenvalue weighted by molar-refractivity contribution is 0.206. The molecule has 1 fully saturated rings. The number of likely N-dealkylation sites (N-methyl/N-ethyl adjacent to an activating group) is 1. The third-order valence-corrected chi connectivity index (χ3v) is 4.22. The smallest absolute Gasteiger partial charge is 0.258 e. The first-order valence-corrected chi connectivity index (χ1v) is 7.45. The van der Waals surface area contributed by atoms with E-state index in [1.165, 1.54) is 0 Å². The second-order valence-corrected chi connectivity index (χ2v) is 6.03. The topological polar surface area (TPSA) is 58.2 Å². The number of hydrogen-bond donors (Lipinski definition) is 1. The molecule has 1 aromatic heterocycles. The van der Waals surface area contributed by atoms with Gasteiger partial charge in [0.2, 0.25) is 0 Å². The zero-order chi connectivity index (χ0) is 15.9. The summed E-state index contributed by atoms with van der Waals surface area (Å²) in [6.07, 6.45) is 0.772. The van der Waals surface area contributed by atoms with E-state index in [1.54, 1.807) is 19.2 Å². The van der Waals surface area contributed by atoms with E-state index < -0.39 is 5.67 Å². The average Bonchev–Trinajstić information content (AvgIpc) is 3.24. The molecule has 3 rings (SSSR count). The lowest BCUT2D eigenvalue weighted by atomic mass is 10.2. The summed E-state index contributed by atoms with van der Waals surface area (Å²) in [6, 6.07) is 3.44. The largest absolute Gasteiger partial charge is 0.383 e. The SMILES string of the molecule is COCCN(C)c1cc(Cl)c2nc(C3(F)CC3)[nH]c(=O)c2c1. The normalized spacial score (nSPS) is 16.0. The first-order chi connectivity index (χ1) is 10.4. The number of fused-ring (bicyclic) bond motifs is 1. The Morgan fingerprint density at radius 1 is 1.50 bits per heavy atom. The van der Waals surface area contributed by atoms with Crippen LogP contribution in [0.15, 0.2) is 16.9 Å². The van der Waals surface area contributed by atoms with Crippen LogP contribution in [0.3, 0.4) is 0 Å². The Kier molecular flexibility index (Phi) is 3.82. The summed E-state index contributed by atoms with van der Waals surface area (Å²) in [7, 11) is 3.51. The zero-order valence-electron chi connectivity index (χ0n) is 12.4. The van der Waals surface area contributed by atoms with Gasteiger partial charge in [-0.3, -0.25) is 4.79 Å². The molecule has 22 heavy (non-hydrogen) atoms. The fourth-order valence-corrected chi connectivity index (χ4v) is 2.58. The van der Waals surface area contributed by atoms with Crippen molar-refractivity contribution in [1.82, 2.24) is 9.97 Å². The average molecular weight is 326 g/mol. The molecule has 0 radical (unpaired) electrons. The Morgan fingerprint density at radius 2 is 2.23 bits per heavy atom. The number of nitrogens with zero attached hydrogens (tertiary/aromatic N) is 2. The fraction of sp³-hybridized carbons (Fsp3) is 0.467. The van der Waals surface area contributed by atoms with Gasteiger partial charge in [0.05, 0.1) is 22.5 Å². The minimum Gasteiger partial charge on any atom is -0.383 e. The van der Waals surface area contributed by atoms with Crippen LogP contribution in [0.25, 0.3) is 10.9 Å². The summed E-state index contributed by atoms with van der Waals surface area (Å²) in [5.74, 6) is 0.0763.